The van der Waals surface area contributed by atoms with Crippen molar-refractivity contribution in [1.29, 1.82) is 0 Å². The number of thiophene rings is 1. The number of rotatable bonds is 6. The first-order chi connectivity index (χ1) is 15.2. The summed E-state index contributed by atoms with van der Waals surface area (Å²) in [7, 11) is 3.40. The van der Waals surface area contributed by atoms with Gasteiger partial charge in [-0.05, 0) is 54.0 Å². The molecule has 0 spiro atoms. The average molecular weight is 441 g/mol. The van der Waals surface area contributed by atoms with Crippen LogP contribution in [-0.4, -0.2) is 59.8 Å². The summed E-state index contributed by atoms with van der Waals surface area (Å²) in [6, 6.07) is 8.93. The molecule has 0 atom stereocenters. The van der Waals surface area contributed by atoms with E-state index in [1.165, 1.54) is 11.1 Å². The van der Waals surface area contributed by atoms with E-state index in [2.05, 4.69) is 32.1 Å². The lowest BCUT2D eigenvalue weighted by Crippen LogP contribution is -2.46. The molecule has 4 heterocycles. The van der Waals surface area contributed by atoms with Crippen LogP contribution in [0.4, 0.5) is 0 Å². The molecule has 7 nitrogen and oxygen atoms in total. The van der Waals surface area contributed by atoms with Gasteiger partial charge in [0.2, 0.25) is 11.7 Å². The second-order valence-electron chi connectivity index (χ2n) is 8.19. The summed E-state index contributed by atoms with van der Waals surface area (Å²) in [5, 5.41) is 6.16. The van der Waals surface area contributed by atoms with Crippen molar-refractivity contribution < 1.29 is 14.0 Å². The first-order valence-electron chi connectivity index (χ1n) is 10.8. The predicted octanol–water partition coefficient (Wildman–Crippen LogP) is 3.84. The summed E-state index contributed by atoms with van der Waals surface area (Å²) >= 11 is 1.63. The normalized spacial score (nSPS) is 18.1. The third-order valence-electron chi connectivity index (χ3n) is 6.39. The van der Waals surface area contributed by atoms with Crippen molar-refractivity contribution in [3.05, 3.63) is 46.7 Å². The number of likely N-dealkylation sites (tertiary alicyclic amines) is 1. The molecule has 3 aromatic rings. The van der Waals surface area contributed by atoms with Crippen molar-refractivity contribution in [2.45, 2.75) is 38.4 Å². The molecule has 2 aromatic heterocycles. The topological polar surface area (TPSA) is 63.9 Å². The minimum Gasteiger partial charge on any atom is -0.493 e. The van der Waals surface area contributed by atoms with Crippen LogP contribution < -0.4 is 9.47 Å². The van der Waals surface area contributed by atoms with Gasteiger partial charge in [-0.2, -0.15) is 4.98 Å². The lowest BCUT2D eigenvalue weighted by molar-refractivity contribution is 0.0892. The minimum atomic E-state index is 0.613. The van der Waals surface area contributed by atoms with E-state index >= 15 is 0 Å². The maximum absolute atomic E-state index is 5.51. The van der Waals surface area contributed by atoms with Crippen LogP contribution in [0.1, 0.15) is 29.9 Å². The Morgan fingerprint density at radius 3 is 2.58 bits per heavy atom. The Kier molecular flexibility index (Phi) is 5.93. The Morgan fingerprint density at radius 1 is 1.10 bits per heavy atom. The van der Waals surface area contributed by atoms with Crippen molar-refractivity contribution >= 4 is 11.3 Å². The second-order valence-corrected chi connectivity index (χ2v) is 9.14. The highest BCUT2D eigenvalue weighted by Crippen LogP contribution is 2.34. The standard InChI is InChI=1S/C23H28N4O3S/c1-28-19-12-16-5-10-27(14-17(16)13-20(19)29-2)18-6-8-26(9-7-18)15-22-24-23(25-30-22)21-4-3-11-31-21/h3-4,11-13,18H,5-10,14-15H2,1-2H3. The molecule has 2 aliphatic rings. The Hall–Kier alpha value is -2.42. The zero-order valence-corrected chi connectivity index (χ0v) is 18.9. The predicted molar refractivity (Wildman–Crippen MR) is 120 cm³/mol. The minimum absolute atomic E-state index is 0.613. The van der Waals surface area contributed by atoms with Crippen LogP contribution in [0.2, 0.25) is 0 Å². The summed E-state index contributed by atoms with van der Waals surface area (Å²) in [6.45, 7) is 4.91. The SMILES string of the molecule is COc1cc2c(cc1OC)CN(C1CCN(Cc3nc(-c4cccs4)no3)CC1)CC2. The molecule has 8 heteroatoms. The highest BCUT2D eigenvalue weighted by atomic mass is 32.1. The number of piperidine rings is 1. The van der Waals surface area contributed by atoms with Crippen molar-refractivity contribution in [1.82, 2.24) is 19.9 Å². The van der Waals surface area contributed by atoms with Crippen molar-refractivity contribution in [3.8, 4) is 22.2 Å². The van der Waals surface area contributed by atoms with Crippen LogP contribution >= 0.6 is 11.3 Å². The first-order valence-corrected chi connectivity index (χ1v) is 11.7. The number of aromatic nitrogens is 2. The van der Waals surface area contributed by atoms with E-state index in [9.17, 15) is 0 Å². The van der Waals surface area contributed by atoms with Crippen molar-refractivity contribution in [3.63, 3.8) is 0 Å². The average Bonchev–Trinajstić information content (AvgIpc) is 3.50. The molecular formula is C23H28N4O3S. The second kappa shape index (κ2) is 8.98. The summed E-state index contributed by atoms with van der Waals surface area (Å²) in [5.74, 6) is 3.04. The van der Waals surface area contributed by atoms with Crippen LogP contribution in [0.3, 0.4) is 0 Å². The zero-order chi connectivity index (χ0) is 21.2. The summed E-state index contributed by atoms with van der Waals surface area (Å²) < 4.78 is 16.5. The highest BCUT2D eigenvalue weighted by Gasteiger charge is 2.29. The van der Waals surface area contributed by atoms with Gasteiger partial charge in [0.05, 0.1) is 25.6 Å². The van der Waals surface area contributed by atoms with Crippen molar-refractivity contribution in [2.24, 2.45) is 0 Å². The monoisotopic (exact) mass is 440 g/mol. The van der Waals surface area contributed by atoms with Gasteiger partial charge in [-0.3, -0.25) is 9.80 Å². The van der Waals surface area contributed by atoms with Gasteiger partial charge in [0, 0.05) is 32.2 Å². The highest BCUT2D eigenvalue weighted by molar-refractivity contribution is 7.13. The molecule has 2 aliphatic heterocycles. The molecule has 5 rings (SSSR count). The zero-order valence-electron chi connectivity index (χ0n) is 18.0. The molecule has 31 heavy (non-hydrogen) atoms. The smallest absolute Gasteiger partial charge is 0.241 e. The Bertz CT molecular complexity index is 1010. The molecule has 164 valence electrons. The molecule has 0 unspecified atom stereocenters. The molecule has 1 aromatic carbocycles. The quantitative estimate of drug-likeness (QED) is 0.577. The number of methoxy groups -OCH3 is 2. The molecule has 0 amide bonds. The lowest BCUT2D eigenvalue weighted by atomic mass is 9.95. The van der Waals surface area contributed by atoms with Gasteiger partial charge in [-0.25, -0.2) is 0 Å². The molecule has 0 radical (unpaired) electrons. The molecule has 0 aliphatic carbocycles. The largest absolute Gasteiger partial charge is 0.493 e. The van der Waals surface area contributed by atoms with Gasteiger partial charge < -0.3 is 14.0 Å². The summed E-state index contributed by atoms with van der Waals surface area (Å²) in [5.41, 5.74) is 2.74. The van der Waals surface area contributed by atoms with Crippen LogP contribution in [0.25, 0.3) is 10.7 Å². The van der Waals surface area contributed by atoms with Crippen LogP contribution in [0, 0.1) is 0 Å². The lowest BCUT2D eigenvalue weighted by Gasteiger charge is -2.40. The van der Waals surface area contributed by atoms with E-state index in [4.69, 9.17) is 14.0 Å². The van der Waals surface area contributed by atoms with Crippen LogP contribution in [-0.2, 0) is 19.5 Å². The molecular weight excluding hydrogens is 412 g/mol. The molecule has 0 N–H and O–H groups in total. The molecule has 1 fully saturated rings. The number of nitrogens with zero attached hydrogens (tertiary/aromatic N) is 4. The Labute approximate surface area is 186 Å². The fraction of sp³-hybridized carbons (Fsp3) is 0.478. The maximum atomic E-state index is 5.51. The van der Waals surface area contributed by atoms with Crippen LogP contribution in [0.15, 0.2) is 34.2 Å². The number of hydrogen-bond donors (Lipinski definition) is 0. The van der Waals surface area contributed by atoms with E-state index in [1.54, 1.807) is 25.6 Å². The summed E-state index contributed by atoms with van der Waals surface area (Å²) in [4.78, 5) is 10.7. The fourth-order valence-corrected chi connectivity index (χ4v) is 5.32. The Balaban J connectivity index is 1.17. The van der Waals surface area contributed by atoms with Gasteiger partial charge in [-0.1, -0.05) is 11.2 Å². The number of benzene rings is 1. The van der Waals surface area contributed by atoms with E-state index in [1.807, 2.05) is 17.5 Å². The number of ether oxygens (including phenoxy) is 2. The van der Waals surface area contributed by atoms with Gasteiger partial charge in [0.15, 0.2) is 11.5 Å². The van der Waals surface area contributed by atoms with Gasteiger partial charge in [-0.15, -0.1) is 11.3 Å². The van der Waals surface area contributed by atoms with E-state index < -0.39 is 0 Å². The molecule has 1 saturated heterocycles. The molecule has 0 saturated carbocycles. The van der Waals surface area contributed by atoms with E-state index in [-0.39, 0.29) is 0 Å². The van der Waals surface area contributed by atoms with E-state index in [0.717, 1.165) is 68.4 Å². The van der Waals surface area contributed by atoms with E-state index in [0.29, 0.717) is 17.8 Å². The van der Waals surface area contributed by atoms with Gasteiger partial charge in [0.1, 0.15) is 0 Å². The van der Waals surface area contributed by atoms with Crippen LogP contribution in [0.5, 0.6) is 11.5 Å². The fourth-order valence-electron chi connectivity index (χ4n) is 4.68. The number of fused-ring (bicyclic) bond motifs is 1. The number of hydrogen-bond acceptors (Lipinski definition) is 8. The third-order valence-corrected chi connectivity index (χ3v) is 7.26. The van der Waals surface area contributed by atoms with Crippen molar-refractivity contribution in [2.75, 3.05) is 33.9 Å². The Morgan fingerprint density at radius 2 is 1.87 bits per heavy atom. The third kappa shape index (κ3) is 4.33. The summed E-state index contributed by atoms with van der Waals surface area (Å²) in [6.07, 6.45) is 3.38. The first kappa shape index (κ1) is 20.5. The molecule has 0 bridgehead atoms. The van der Waals surface area contributed by atoms with Gasteiger partial charge in [0.25, 0.3) is 0 Å². The maximum Gasteiger partial charge on any atom is 0.241 e. The van der Waals surface area contributed by atoms with Gasteiger partial charge >= 0.3 is 0 Å².